The van der Waals surface area contributed by atoms with E-state index in [4.69, 9.17) is 10.5 Å². The molecule has 0 aliphatic rings. The number of unbranched alkanes of at least 4 members (excludes halogenated alkanes) is 3. The van der Waals surface area contributed by atoms with Gasteiger partial charge in [-0.1, -0.05) is 30.3 Å². The van der Waals surface area contributed by atoms with Gasteiger partial charge >= 0.3 is 92.4 Å². The van der Waals surface area contributed by atoms with Crippen molar-refractivity contribution in [2.45, 2.75) is 72.6 Å². The van der Waals surface area contributed by atoms with E-state index < -0.39 is 25.7 Å². The minimum absolute atomic E-state index is 0.220. The minimum Gasteiger partial charge on any atom is -0.545 e. The number of carbonyl (C=O) groups is 1. The average Bonchev–Trinajstić information content (AvgIpc) is 2.75. The first-order chi connectivity index (χ1) is 14.1. The summed E-state index contributed by atoms with van der Waals surface area (Å²) < 4.78 is 5.04. The number of carbonyl (C=O) groups excluding carboxylic acids is 1. The fraction of sp³-hybridized carbons (Fsp3) is 0.591. The number of hydrogen-bond acceptors (Lipinski definition) is 6. The van der Waals surface area contributed by atoms with Crippen LogP contribution in [-0.2, 0) is 0 Å². The van der Waals surface area contributed by atoms with Gasteiger partial charge in [0.25, 0.3) is 0 Å². The van der Waals surface area contributed by atoms with Gasteiger partial charge in [0.1, 0.15) is 10.8 Å². The van der Waals surface area contributed by atoms with Gasteiger partial charge < -0.3 is 9.90 Å². The number of thioether (sulfide) groups is 2. The number of aromatic carboxylic acids is 1. The summed E-state index contributed by atoms with van der Waals surface area (Å²) in [4.78, 5) is 10.1. The number of rotatable bonds is 12. The van der Waals surface area contributed by atoms with Gasteiger partial charge in [-0.2, -0.15) is 10.5 Å². The normalized spacial score (nSPS) is 9.00. The van der Waals surface area contributed by atoms with Crippen LogP contribution in [0.3, 0.4) is 0 Å². The zero-order valence-electron chi connectivity index (χ0n) is 18.0. The topological polar surface area (TPSA) is 87.7 Å². The second kappa shape index (κ2) is 25.2. The molecule has 0 atom stereocenters. The van der Waals surface area contributed by atoms with E-state index in [2.05, 4.69) is 20.8 Å². The Morgan fingerprint density at radius 2 is 1.31 bits per heavy atom. The van der Waals surface area contributed by atoms with E-state index >= 15 is 0 Å². The largest absolute Gasteiger partial charge is 0.545 e. The monoisotopic (exact) mass is 542 g/mol. The maximum Gasteiger partial charge on any atom is 0.134 e. The van der Waals surface area contributed by atoms with Gasteiger partial charge in [-0.15, -0.1) is 0 Å². The van der Waals surface area contributed by atoms with E-state index in [1.807, 2.05) is 10.8 Å². The fourth-order valence-corrected chi connectivity index (χ4v) is 12.4. The van der Waals surface area contributed by atoms with E-state index in [0.717, 1.165) is 23.5 Å². The Labute approximate surface area is 193 Å². The van der Waals surface area contributed by atoms with Gasteiger partial charge in [0, 0.05) is 0 Å². The van der Waals surface area contributed by atoms with Crippen molar-refractivity contribution in [2.75, 3.05) is 5.08 Å². The Morgan fingerprint density at radius 1 is 0.897 bits per heavy atom. The molecule has 0 spiro atoms. The molecule has 7 heteroatoms. The molecular weight excluding hydrogens is 507 g/mol. The van der Waals surface area contributed by atoms with Crippen LogP contribution in [-0.4, -0.2) is 30.8 Å². The maximum absolute atomic E-state index is 10.1. The first kappa shape index (κ1) is 30.4. The van der Waals surface area contributed by atoms with E-state index in [0.29, 0.717) is 5.08 Å². The standard InChI is InChI=1S/C7H6O2.3C4H9.C3H2N2S2.Sn/c8-7(9)6-4-2-1-3-5-6;3*1-3-4-2;4-1-6-3-7-2-5;/h1-5H,(H,8,9);3*1,3-4H2,2H3;3H2;/q;;;;;+1/p-1. The molecule has 1 aromatic carbocycles. The number of carboxylic acids is 1. The van der Waals surface area contributed by atoms with Gasteiger partial charge in [-0.25, -0.2) is 0 Å². The SMILES string of the molecule is CCC[CH2][Sn+]([CH2]CCC)[CH2]CCC.N#CSCSC#N.O=C([O-])c1ccccc1. The third-order valence-corrected chi connectivity index (χ3v) is 14.2. The van der Waals surface area contributed by atoms with E-state index in [1.165, 1.54) is 50.7 Å². The zero-order valence-corrected chi connectivity index (χ0v) is 22.5. The zero-order chi connectivity index (χ0) is 22.2. The molecule has 0 unspecified atom stereocenters. The smallest absolute Gasteiger partial charge is 0.134 e. The number of nitriles is 2. The van der Waals surface area contributed by atoms with Crippen LogP contribution in [0.5, 0.6) is 0 Å². The quantitative estimate of drug-likeness (QED) is 0.134. The average molecular weight is 541 g/mol. The van der Waals surface area contributed by atoms with E-state index in [9.17, 15) is 9.90 Å². The number of nitrogens with zero attached hydrogens (tertiary/aromatic N) is 2. The molecule has 0 fully saturated rings. The summed E-state index contributed by atoms with van der Waals surface area (Å²) in [7, 11) is 0. The predicted molar refractivity (Wildman–Crippen MR) is 127 cm³/mol. The van der Waals surface area contributed by atoms with Crippen LogP contribution in [0.15, 0.2) is 30.3 Å². The van der Waals surface area contributed by atoms with Crippen LogP contribution >= 0.6 is 23.5 Å². The van der Waals surface area contributed by atoms with Crippen LogP contribution < -0.4 is 5.11 Å². The molecule has 0 bridgehead atoms. The van der Waals surface area contributed by atoms with Crippen molar-refractivity contribution in [2.24, 2.45) is 0 Å². The molecule has 160 valence electrons. The van der Waals surface area contributed by atoms with Gasteiger partial charge in [0.05, 0.1) is 11.1 Å². The second-order valence-electron chi connectivity index (χ2n) is 6.30. The summed E-state index contributed by atoms with van der Waals surface area (Å²) in [5.41, 5.74) is 0.220. The molecule has 0 aromatic heterocycles. The summed E-state index contributed by atoms with van der Waals surface area (Å²) in [6.45, 7) is 7.00. The number of thiocyanates is 2. The molecule has 0 N–H and O–H groups in total. The van der Waals surface area contributed by atoms with Crippen LogP contribution in [0.25, 0.3) is 0 Å². The summed E-state index contributed by atoms with van der Waals surface area (Å²) in [6, 6.07) is 8.06. The number of hydrogen-bond donors (Lipinski definition) is 0. The van der Waals surface area contributed by atoms with Crippen molar-refractivity contribution in [1.82, 2.24) is 0 Å². The van der Waals surface area contributed by atoms with Crippen molar-refractivity contribution >= 4 is 49.3 Å². The number of benzene rings is 1. The molecule has 4 nitrogen and oxygen atoms in total. The maximum atomic E-state index is 10.1. The van der Waals surface area contributed by atoms with Crippen LogP contribution in [0.4, 0.5) is 0 Å². The van der Waals surface area contributed by atoms with Crippen LogP contribution in [0, 0.1) is 21.3 Å². The summed E-state index contributed by atoms with van der Waals surface area (Å²) >= 11 is 1.32. The molecule has 0 saturated carbocycles. The van der Waals surface area contributed by atoms with Crippen molar-refractivity contribution in [3.05, 3.63) is 35.9 Å². The molecule has 0 aliphatic carbocycles. The molecule has 0 radical (unpaired) electrons. The molecule has 0 saturated heterocycles. The number of carboxylic acid groups (broad SMARTS) is 1. The van der Waals surface area contributed by atoms with Gasteiger partial charge in [0.2, 0.25) is 0 Å². The Kier molecular flexibility index (Phi) is 26.4. The van der Waals surface area contributed by atoms with E-state index in [-0.39, 0.29) is 5.56 Å². The van der Waals surface area contributed by atoms with Gasteiger partial charge in [0.15, 0.2) is 0 Å². The summed E-state index contributed by atoms with van der Waals surface area (Å²) in [6.07, 6.45) is 8.85. The van der Waals surface area contributed by atoms with Crippen LogP contribution in [0.1, 0.15) is 69.7 Å². The van der Waals surface area contributed by atoms with Crippen molar-refractivity contribution in [1.29, 1.82) is 10.5 Å². The summed E-state index contributed by atoms with van der Waals surface area (Å²) in [5, 5.41) is 30.1. The first-order valence-electron chi connectivity index (χ1n) is 10.2. The third kappa shape index (κ3) is 23.3. The molecule has 0 aliphatic heterocycles. The molecular formula is C22H34N2O2S2Sn. The van der Waals surface area contributed by atoms with E-state index in [1.54, 1.807) is 31.5 Å². The summed E-state index contributed by atoms with van der Waals surface area (Å²) in [5.74, 6) is -1.13. The Bertz CT molecular complexity index is 541. The van der Waals surface area contributed by atoms with Gasteiger partial charge in [-0.05, 0) is 29.1 Å². The molecule has 29 heavy (non-hydrogen) atoms. The molecule has 1 aromatic rings. The van der Waals surface area contributed by atoms with Gasteiger partial charge in [-0.3, -0.25) is 0 Å². The fourth-order valence-electron chi connectivity index (χ4n) is 2.31. The van der Waals surface area contributed by atoms with Crippen molar-refractivity contribution in [3.63, 3.8) is 0 Å². The molecule has 1 rings (SSSR count). The van der Waals surface area contributed by atoms with Crippen molar-refractivity contribution < 1.29 is 9.90 Å². The minimum atomic E-state index is -1.13. The predicted octanol–water partition coefficient (Wildman–Crippen LogP) is 6.30. The molecule has 0 heterocycles. The second-order valence-corrected chi connectivity index (χ2v) is 16.8. The Morgan fingerprint density at radius 3 is 1.59 bits per heavy atom. The third-order valence-electron chi connectivity index (χ3n) is 3.91. The van der Waals surface area contributed by atoms with Crippen LogP contribution in [0.2, 0.25) is 13.3 Å². The first-order valence-corrected chi connectivity index (χ1v) is 18.2. The van der Waals surface area contributed by atoms with Crippen molar-refractivity contribution in [3.8, 4) is 10.8 Å². The molecule has 0 amide bonds. The Hall–Kier alpha value is -0.831. The Balaban J connectivity index is 0.